The van der Waals surface area contributed by atoms with Crippen LogP contribution in [0.1, 0.15) is 22.2 Å². The molecule has 0 spiro atoms. The van der Waals surface area contributed by atoms with E-state index in [0.717, 1.165) is 5.75 Å². The van der Waals surface area contributed by atoms with E-state index in [0.29, 0.717) is 5.54 Å². The zero-order valence-electron chi connectivity index (χ0n) is 15.5. The van der Waals surface area contributed by atoms with E-state index >= 15 is 0 Å². The van der Waals surface area contributed by atoms with Crippen LogP contribution in [-0.4, -0.2) is 15.2 Å². The highest BCUT2D eigenvalue weighted by Crippen LogP contribution is 2.34. The Bertz CT molecular complexity index is 805. The third-order valence-corrected chi connectivity index (χ3v) is 9.03. The maximum Gasteiger partial charge on any atom is 0.118 e. The van der Waals surface area contributed by atoms with Gasteiger partial charge in [-0.15, -0.1) is 0 Å². The molecular formula is C23H26OSi. The number of benzene rings is 3. The summed E-state index contributed by atoms with van der Waals surface area (Å²) in [5.74, 6) is 0.908. The van der Waals surface area contributed by atoms with Gasteiger partial charge in [0.05, 0.1) is 15.2 Å². The van der Waals surface area contributed by atoms with E-state index in [2.05, 4.69) is 98.9 Å². The van der Waals surface area contributed by atoms with Gasteiger partial charge in [0, 0.05) is 5.54 Å². The van der Waals surface area contributed by atoms with Gasteiger partial charge in [0.15, 0.2) is 0 Å². The van der Waals surface area contributed by atoms with Gasteiger partial charge in [0.2, 0.25) is 0 Å². The van der Waals surface area contributed by atoms with Gasteiger partial charge in [0.1, 0.15) is 5.75 Å². The fourth-order valence-corrected chi connectivity index (χ4v) is 7.05. The molecular weight excluding hydrogens is 320 g/mol. The van der Waals surface area contributed by atoms with E-state index in [1.54, 1.807) is 7.11 Å². The minimum Gasteiger partial charge on any atom is -0.497 e. The Hall–Kier alpha value is -2.32. The second-order valence-electron chi connectivity index (χ2n) is 7.20. The summed E-state index contributed by atoms with van der Waals surface area (Å²) in [7, 11) is -0.0589. The van der Waals surface area contributed by atoms with Crippen molar-refractivity contribution in [2.75, 3.05) is 7.11 Å². The van der Waals surface area contributed by atoms with Gasteiger partial charge in [0.25, 0.3) is 0 Å². The molecule has 0 amide bonds. The molecule has 0 heterocycles. The van der Waals surface area contributed by atoms with Crippen LogP contribution in [0.15, 0.2) is 78.9 Å². The second kappa shape index (κ2) is 7.28. The summed E-state index contributed by atoms with van der Waals surface area (Å²) >= 11 is 0. The molecule has 0 aliphatic carbocycles. The number of methoxy groups -OCH3 is 1. The Morgan fingerprint density at radius 1 is 0.720 bits per heavy atom. The normalized spacial score (nSPS) is 12.6. The molecule has 0 N–H and O–H groups in total. The summed E-state index contributed by atoms with van der Waals surface area (Å²) in [6, 6.07) is 28.6. The van der Waals surface area contributed by atoms with Crippen LogP contribution in [0.5, 0.6) is 5.75 Å². The number of rotatable bonds is 5. The van der Waals surface area contributed by atoms with E-state index in [1.165, 1.54) is 21.9 Å². The maximum absolute atomic E-state index is 5.35. The summed E-state index contributed by atoms with van der Waals surface area (Å²) in [5, 5.41) is 1.48. The van der Waals surface area contributed by atoms with Crippen molar-refractivity contribution in [1.29, 1.82) is 0 Å². The number of ether oxygens (including phenoxy) is 1. The third-order valence-electron chi connectivity index (χ3n) is 5.10. The van der Waals surface area contributed by atoms with Crippen LogP contribution in [-0.2, 0) is 0 Å². The van der Waals surface area contributed by atoms with Crippen LogP contribution in [0.25, 0.3) is 0 Å². The summed E-state index contributed by atoms with van der Waals surface area (Å²) in [6.45, 7) is 7.08. The molecule has 1 atom stereocenters. The lowest BCUT2D eigenvalue weighted by atomic mass is 10.0. The van der Waals surface area contributed by atoms with Crippen molar-refractivity contribution in [1.82, 2.24) is 0 Å². The molecule has 3 aromatic carbocycles. The van der Waals surface area contributed by atoms with E-state index in [4.69, 9.17) is 4.74 Å². The lowest BCUT2D eigenvalue weighted by molar-refractivity contribution is 0.414. The Morgan fingerprint density at radius 3 is 1.76 bits per heavy atom. The van der Waals surface area contributed by atoms with Crippen molar-refractivity contribution in [3.05, 3.63) is 95.6 Å². The van der Waals surface area contributed by atoms with E-state index in [-0.39, 0.29) is 0 Å². The van der Waals surface area contributed by atoms with Gasteiger partial charge in [-0.1, -0.05) is 90.6 Å². The van der Waals surface area contributed by atoms with Gasteiger partial charge in [-0.2, -0.15) is 0 Å². The van der Waals surface area contributed by atoms with Crippen LogP contribution in [0, 0.1) is 6.92 Å². The largest absolute Gasteiger partial charge is 0.497 e. The van der Waals surface area contributed by atoms with E-state index in [9.17, 15) is 0 Å². The monoisotopic (exact) mass is 346 g/mol. The summed E-state index contributed by atoms with van der Waals surface area (Å²) < 4.78 is 5.35. The standard InChI is InChI=1S/C23H26OSi/c1-18-10-12-19(13-11-18)23(20-14-16-21(24-2)17-15-20)25(3,4)22-8-6-5-7-9-22/h5-17,23H,1-4H3/t23-/m1/s1. The van der Waals surface area contributed by atoms with Crippen molar-refractivity contribution < 1.29 is 4.74 Å². The molecule has 128 valence electrons. The minimum absolute atomic E-state index is 0.404. The first-order valence-electron chi connectivity index (χ1n) is 8.78. The molecule has 25 heavy (non-hydrogen) atoms. The van der Waals surface area contributed by atoms with E-state index < -0.39 is 8.07 Å². The Morgan fingerprint density at radius 2 is 1.24 bits per heavy atom. The molecule has 0 aliphatic heterocycles. The van der Waals surface area contributed by atoms with Gasteiger partial charge in [-0.3, -0.25) is 0 Å². The predicted octanol–water partition coefficient (Wildman–Crippen LogP) is 5.29. The average molecular weight is 347 g/mol. The highest BCUT2D eigenvalue weighted by Gasteiger charge is 2.35. The van der Waals surface area contributed by atoms with Crippen LogP contribution in [0.2, 0.25) is 13.1 Å². The zero-order valence-corrected chi connectivity index (χ0v) is 16.5. The first-order valence-corrected chi connectivity index (χ1v) is 11.9. The van der Waals surface area contributed by atoms with Crippen molar-refractivity contribution in [2.45, 2.75) is 25.6 Å². The molecule has 0 fully saturated rings. The van der Waals surface area contributed by atoms with Gasteiger partial charge in [-0.05, 0) is 30.2 Å². The first-order chi connectivity index (χ1) is 12.0. The lowest BCUT2D eigenvalue weighted by Gasteiger charge is -2.34. The van der Waals surface area contributed by atoms with Gasteiger partial charge < -0.3 is 4.74 Å². The van der Waals surface area contributed by atoms with Crippen molar-refractivity contribution in [2.24, 2.45) is 0 Å². The first kappa shape index (κ1) is 17.5. The minimum atomic E-state index is -1.78. The van der Waals surface area contributed by atoms with Crippen LogP contribution >= 0.6 is 0 Å². The Kier molecular flexibility index (Phi) is 5.10. The number of aryl methyl sites for hydroxylation is 1. The Labute approximate surface area is 152 Å². The molecule has 0 saturated heterocycles. The Balaban J connectivity index is 2.12. The van der Waals surface area contributed by atoms with Crippen molar-refractivity contribution >= 4 is 13.3 Å². The molecule has 0 radical (unpaired) electrons. The van der Waals surface area contributed by atoms with Crippen molar-refractivity contribution in [3.8, 4) is 5.75 Å². The van der Waals surface area contributed by atoms with Crippen LogP contribution < -0.4 is 9.92 Å². The lowest BCUT2D eigenvalue weighted by Crippen LogP contribution is -2.48. The molecule has 1 nitrogen and oxygen atoms in total. The quantitative estimate of drug-likeness (QED) is 0.570. The van der Waals surface area contributed by atoms with Crippen LogP contribution in [0.3, 0.4) is 0 Å². The molecule has 0 saturated carbocycles. The number of hydrogen-bond acceptors (Lipinski definition) is 1. The summed E-state index contributed by atoms with van der Waals surface area (Å²) in [4.78, 5) is 0. The molecule has 0 bridgehead atoms. The topological polar surface area (TPSA) is 9.23 Å². The SMILES string of the molecule is COc1ccc([C@@H](c2ccc(C)cc2)[Si](C)(C)c2ccccc2)cc1. The zero-order chi connectivity index (χ0) is 17.9. The molecule has 0 aromatic heterocycles. The predicted molar refractivity (Wildman–Crippen MR) is 110 cm³/mol. The van der Waals surface area contributed by atoms with Gasteiger partial charge in [-0.25, -0.2) is 0 Å². The maximum atomic E-state index is 5.35. The smallest absolute Gasteiger partial charge is 0.118 e. The fourth-order valence-electron chi connectivity index (χ4n) is 3.62. The molecule has 0 unspecified atom stereocenters. The van der Waals surface area contributed by atoms with Crippen molar-refractivity contribution in [3.63, 3.8) is 0 Å². The second-order valence-corrected chi connectivity index (χ2v) is 11.8. The summed E-state index contributed by atoms with van der Waals surface area (Å²) in [6.07, 6.45) is 0. The highest BCUT2D eigenvalue weighted by atomic mass is 28.3. The fraction of sp³-hybridized carbons (Fsp3) is 0.217. The molecule has 3 rings (SSSR count). The highest BCUT2D eigenvalue weighted by molar-refractivity contribution is 6.91. The summed E-state index contributed by atoms with van der Waals surface area (Å²) in [5.41, 5.74) is 4.47. The third kappa shape index (κ3) is 3.69. The van der Waals surface area contributed by atoms with Gasteiger partial charge >= 0.3 is 0 Å². The van der Waals surface area contributed by atoms with Crippen LogP contribution in [0.4, 0.5) is 0 Å². The van der Waals surface area contributed by atoms with E-state index in [1.807, 2.05) is 0 Å². The molecule has 2 heteroatoms. The molecule has 0 aliphatic rings. The average Bonchev–Trinajstić information content (AvgIpc) is 2.65. The number of hydrogen-bond donors (Lipinski definition) is 0. The molecule has 3 aromatic rings.